The van der Waals surface area contributed by atoms with E-state index in [4.69, 9.17) is 4.74 Å². The van der Waals surface area contributed by atoms with Gasteiger partial charge in [-0.1, -0.05) is 12.1 Å². The van der Waals surface area contributed by atoms with Crippen molar-refractivity contribution in [3.8, 4) is 0 Å². The lowest BCUT2D eigenvalue weighted by atomic mass is 10.2. The molecule has 0 amide bonds. The van der Waals surface area contributed by atoms with Gasteiger partial charge < -0.3 is 9.47 Å². The van der Waals surface area contributed by atoms with Crippen molar-refractivity contribution < 1.29 is 22.7 Å². The molecule has 1 unspecified atom stereocenters. The molecule has 1 saturated heterocycles. The topological polar surface area (TPSA) is 72.9 Å². The fourth-order valence-corrected chi connectivity index (χ4v) is 3.79. The van der Waals surface area contributed by atoms with Gasteiger partial charge in [0, 0.05) is 13.1 Å². The fraction of sp³-hybridized carbons (Fsp3) is 0.462. The molecule has 0 aliphatic carbocycles. The molecule has 0 radical (unpaired) electrons. The van der Waals surface area contributed by atoms with Gasteiger partial charge in [0.2, 0.25) is 10.0 Å². The molecule has 110 valence electrons. The molecule has 6 nitrogen and oxygen atoms in total. The number of hydrogen-bond acceptors (Lipinski definition) is 5. The van der Waals surface area contributed by atoms with E-state index in [1.165, 1.54) is 23.5 Å². The zero-order chi connectivity index (χ0) is 14.8. The molecule has 1 fully saturated rings. The van der Waals surface area contributed by atoms with Crippen molar-refractivity contribution in [1.29, 1.82) is 0 Å². The molecule has 0 aromatic heterocycles. The van der Waals surface area contributed by atoms with Gasteiger partial charge in [0.1, 0.15) is 0 Å². The van der Waals surface area contributed by atoms with Crippen molar-refractivity contribution in [2.24, 2.45) is 0 Å². The number of sulfonamides is 1. The van der Waals surface area contributed by atoms with Crippen LogP contribution in [-0.4, -0.2) is 51.6 Å². The van der Waals surface area contributed by atoms with Crippen LogP contribution in [0.5, 0.6) is 0 Å². The van der Waals surface area contributed by atoms with Crippen molar-refractivity contribution in [2.45, 2.75) is 17.9 Å². The maximum absolute atomic E-state index is 12.6. The maximum Gasteiger partial charge on any atom is 0.339 e. The largest absolute Gasteiger partial charge is 0.465 e. The molecule has 0 saturated carbocycles. The molecular weight excluding hydrogens is 282 g/mol. The zero-order valence-corrected chi connectivity index (χ0v) is 12.2. The fourth-order valence-electron chi connectivity index (χ4n) is 2.11. The number of rotatable bonds is 3. The van der Waals surface area contributed by atoms with Crippen LogP contribution < -0.4 is 0 Å². The monoisotopic (exact) mass is 299 g/mol. The normalized spacial score (nSPS) is 20.6. The van der Waals surface area contributed by atoms with Crippen LogP contribution in [0.1, 0.15) is 17.3 Å². The average Bonchev–Trinajstić information content (AvgIpc) is 2.46. The second-order valence-electron chi connectivity index (χ2n) is 4.53. The molecule has 1 aromatic rings. The molecule has 0 spiro atoms. The summed E-state index contributed by atoms with van der Waals surface area (Å²) in [4.78, 5) is 11.7. The number of nitrogens with zero attached hydrogens (tertiary/aromatic N) is 1. The van der Waals surface area contributed by atoms with Gasteiger partial charge in [-0.3, -0.25) is 0 Å². The van der Waals surface area contributed by atoms with Crippen LogP contribution in [0.15, 0.2) is 29.2 Å². The van der Waals surface area contributed by atoms with Gasteiger partial charge >= 0.3 is 5.97 Å². The third-order valence-corrected chi connectivity index (χ3v) is 5.04. The van der Waals surface area contributed by atoms with Gasteiger partial charge in [-0.2, -0.15) is 4.31 Å². The van der Waals surface area contributed by atoms with Gasteiger partial charge in [-0.05, 0) is 19.1 Å². The molecule has 20 heavy (non-hydrogen) atoms. The highest BCUT2D eigenvalue weighted by molar-refractivity contribution is 7.89. The summed E-state index contributed by atoms with van der Waals surface area (Å²) >= 11 is 0. The van der Waals surface area contributed by atoms with Gasteiger partial charge in [-0.15, -0.1) is 0 Å². The van der Waals surface area contributed by atoms with Crippen LogP contribution in [-0.2, 0) is 19.5 Å². The minimum absolute atomic E-state index is 0.0269. The molecule has 1 aliphatic rings. The molecule has 1 aliphatic heterocycles. The van der Waals surface area contributed by atoms with Gasteiger partial charge in [0.25, 0.3) is 0 Å². The first kappa shape index (κ1) is 15.0. The van der Waals surface area contributed by atoms with E-state index in [9.17, 15) is 13.2 Å². The summed E-state index contributed by atoms with van der Waals surface area (Å²) in [6.45, 7) is 2.72. The third-order valence-electron chi connectivity index (χ3n) is 3.11. The van der Waals surface area contributed by atoms with Crippen molar-refractivity contribution in [3.05, 3.63) is 29.8 Å². The van der Waals surface area contributed by atoms with Crippen LogP contribution >= 0.6 is 0 Å². The number of carbonyl (C=O) groups excluding carboxylic acids is 1. The Morgan fingerprint density at radius 2 is 2.10 bits per heavy atom. The van der Waals surface area contributed by atoms with Crippen molar-refractivity contribution in [1.82, 2.24) is 4.31 Å². The molecule has 1 aromatic carbocycles. The lowest BCUT2D eigenvalue weighted by Crippen LogP contribution is -2.44. The number of methoxy groups -OCH3 is 1. The number of ether oxygens (including phenoxy) is 2. The van der Waals surface area contributed by atoms with E-state index in [2.05, 4.69) is 4.74 Å². The SMILES string of the molecule is COC(=O)c1ccccc1S(=O)(=O)N1CCOC(C)C1. The number of benzene rings is 1. The first-order valence-electron chi connectivity index (χ1n) is 6.26. The van der Waals surface area contributed by atoms with E-state index in [1.807, 2.05) is 6.92 Å². The second kappa shape index (κ2) is 5.90. The van der Waals surface area contributed by atoms with Crippen molar-refractivity contribution in [2.75, 3.05) is 26.8 Å². The smallest absolute Gasteiger partial charge is 0.339 e. The molecule has 0 N–H and O–H groups in total. The summed E-state index contributed by atoms with van der Waals surface area (Å²) in [7, 11) is -2.50. The Labute approximate surface area is 118 Å². The molecule has 7 heteroatoms. The van der Waals surface area contributed by atoms with E-state index in [0.717, 1.165) is 0 Å². The summed E-state index contributed by atoms with van der Waals surface area (Å²) < 4.78 is 36.6. The Balaban J connectivity index is 2.41. The summed E-state index contributed by atoms with van der Waals surface area (Å²) in [6.07, 6.45) is -0.163. The third kappa shape index (κ3) is 2.84. The highest BCUT2D eigenvalue weighted by Crippen LogP contribution is 2.22. The first-order chi connectivity index (χ1) is 9.46. The summed E-state index contributed by atoms with van der Waals surface area (Å²) in [5, 5.41) is 0. The van der Waals surface area contributed by atoms with E-state index in [1.54, 1.807) is 12.1 Å². The van der Waals surface area contributed by atoms with Crippen LogP contribution in [0.3, 0.4) is 0 Å². The second-order valence-corrected chi connectivity index (χ2v) is 6.44. The van der Waals surface area contributed by atoms with Gasteiger partial charge in [0.05, 0.1) is 30.3 Å². The van der Waals surface area contributed by atoms with Crippen LogP contribution in [0.2, 0.25) is 0 Å². The van der Waals surface area contributed by atoms with E-state index in [-0.39, 0.29) is 29.7 Å². The summed E-state index contributed by atoms with van der Waals surface area (Å²) in [5.41, 5.74) is 0.0501. The highest BCUT2D eigenvalue weighted by Gasteiger charge is 2.32. The first-order valence-corrected chi connectivity index (χ1v) is 7.70. The molecule has 0 bridgehead atoms. The molecular formula is C13H17NO5S. The number of morpholine rings is 1. The lowest BCUT2D eigenvalue weighted by Gasteiger charge is -2.30. The Kier molecular flexibility index (Phi) is 4.42. The molecule has 1 atom stereocenters. The van der Waals surface area contributed by atoms with Crippen molar-refractivity contribution in [3.63, 3.8) is 0 Å². The predicted octanol–water partition coefficient (Wildman–Crippen LogP) is 0.883. The average molecular weight is 299 g/mol. The Morgan fingerprint density at radius 1 is 1.40 bits per heavy atom. The van der Waals surface area contributed by atoms with E-state index in [0.29, 0.717) is 6.61 Å². The maximum atomic E-state index is 12.6. The zero-order valence-electron chi connectivity index (χ0n) is 11.4. The number of esters is 1. The predicted molar refractivity (Wildman–Crippen MR) is 72.0 cm³/mol. The summed E-state index contributed by atoms with van der Waals surface area (Å²) in [6, 6.07) is 6.06. The highest BCUT2D eigenvalue weighted by atomic mass is 32.2. The van der Waals surface area contributed by atoms with Gasteiger partial charge in [0.15, 0.2) is 0 Å². The number of hydrogen-bond donors (Lipinski definition) is 0. The van der Waals surface area contributed by atoms with Crippen LogP contribution in [0.4, 0.5) is 0 Å². The Bertz CT molecular complexity index is 599. The molecule has 2 rings (SSSR count). The summed E-state index contributed by atoms with van der Waals surface area (Å²) in [5.74, 6) is -0.662. The van der Waals surface area contributed by atoms with Crippen molar-refractivity contribution >= 4 is 16.0 Å². The van der Waals surface area contributed by atoms with Gasteiger partial charge in [-0.25, -0.2) is 13.2 Å². The number of carbonyl (C=O) groups is 1. The molecule has 1 heterocycles. The Morgan fingerprint density at radius 3 is 2.75 bits per heavy atom. The quantitative estimate of drug-likeness (QED) is 0.775. The van der Waals surface area contributed by atoms with E-state index < -0.39 is 16.0 Å². The standard InChI is InChI=1S/C13H17NO5S/c1-10-9-14(7-8-19-10)20(16,17)12-6-4-3-5-11(12)13(15)18-2/h3-6,10H,7-9H2,1-2H3. The minimum atomic E-state index is -3.73. The van der Waals surface area contributed by atoms with E-state index >= 15 is 0 Å². The Hall–Kier alpha value is -1.44. The lowest BCUT2D eigenvalue weighted by molar-refractivity contribution is 0.0101. The minimum Gasteiger partial charge on any atom is -0.465 e. The van der Waals surface area contributed by atoms with Crippen LogP contribution in [0, 0.1) is 0 Å². The van der Waals surface area contributed by atoms with Crippen LogP contribution in [0.25, 0.3) is 0 Å².